The van der Waals surface area contributed by atoms with Crippen LogP contribution in [0.15, 0.2) is 18.2 Å². The third-order valence-corrected chi connectivity index (χ3v) is 6.91. The minimum atomic E-state index is 0.179. The first kappa shape index (κ1) is 20.4. The number of aromatic nitrogens is 1. The Morgan fingerprint density at radius 1 is 1.07 bits per heavy atom. The number of anilines is 1. The third-order valence-electron chi connectivity index (χ3n) is 6.91. The molecule has 3 heteroatoms. The van der Waals surface area contributed by atoms with Crippen molar-refractivity contribution in [1.82, 2.24) is 9.88 Å². The molecule has 0 saturated carbocycles. The van der Waals surface area contributed by atoms with Crippen molar-refractivity contribution in [3.05, 3.63) is 29.6 Å². The maximum absolute atomic E-state index is 6.36. The first-order valence-corrected chi connectivity index (χ1v) is 10.7. The summed E-state index contributed by atoms with van der Waals surface area (Å²) in [7, 11) is 0. The standard InChI is InChI=1S/C24H39N3/c1-8-27-23(4,5)15-18(16-24(27,6)7)20-10-9-19(25)21(26-20)17-11-13-22(2,3)14-12-17/h9-11,18H,8,12-16,25H2,1-7H3. The average molecular weight is 370 g/mol. The highest BCUT2D eigenvalue weighted by atomic mass is 15.3. The molecule has 1 saturated heterocycles. The Balaban J connectivity index is 1.92. The Kier molecular flexibility index (Phi) is 5.22. The Labute approximate surface area is 166 Å². The number of nitrogens with two attached hydrogens (primary N) is 1. The molecule has 0 bridgehead atoms. The number of hydrogen-bond acceptors (Lipinski definition) is 3. The van der Waals surface area contributed by atoms with Gasteiger partial charge in [-0.15, -0.1) is 0 Å². The fraction of sp³-hybridized carbons (Fsp3) is 0.708. The molecule has 2 aliphatic rings. The van der Waals surface area contributed by atoms with Gasteiger partial charge in [0.05, 0.1) is 11.4 Å². The van der Waals surface area contributed by atoms with E-state index in [9.17, 15) is 0 Å². The number of piperidine rings is 1. The Bertz CT molecular complexity index is 709. The van der Waals surface area contributed by atoms with Crippen LogP contribution in [0.3, 0.4) is 0 Å². The number of hydrogen-bond donors (Lipinski definition) is 1. The molecule has 0 atom stereocenters. The molecule has 0 unspecified atom stereocenters. The Morgan fingerprint density at radius 3 is 2.22 bits per heavy atom. The van der Waals surface area contributed by atoms with Gasteiger partial charge in [-0.2, -0.15) is 0 Å². The van der Waals surface area contributed by atoms with Crippen molar-refractivity contribution in [2.45, 2.75) is 97.6 Å². The van der Waals surface area contributed by atoms with E-state index in [0.717, 1.165) is 43.6 Å². The molecule has 1 aliphatic heterocycles. The summed E-state index contributed by atoms with van der Waals surface area (Å²) in [4.78, 5) is 7.79. The lowest BCUT2D eigenvalue weighted by Crippen LogP contribution is -2.59. The first-order valence-electron chi connectivity index (χ1n) is 10.7. The van der Waals surface area contributed by atoms with Crippen molar-refractivity contribution in [2.75, 3.05) is 12.3 Å². The molecular formula is C24H39N3. The highest BCUT2D eigenvalue weighted by molar-refractivity contribution is 5.72. The van der Waals surface area contributed by atoms with Crippen molar-refractivity contribution in [2.24, 2.45) is 5.41 Å². The molecule has 0 radical (unpaired) electrons. The Hall–Kier alpha value is -1.35. The quantitative estimate of drug-likeness (QED) is 0.709. The highest BCUT2D eigenvalue weighted by Gasteiger charge is 2.45. The summed E-state index contributed by atoms with van der Waals surface area (Å²) in [5.74, 6) is 0.484. The summed E-state index contributed by atoms with van der Waals surface area (Å²) in [6.07, 6.45) is 8.07. The van der Waals surface area contributed by atoms with Gasteiger partial charge in [0.2, 0.25) is 0 Å². The predicted molar refractivity (Wildman–Crippen MR) is 117 cm³/mol. The fourth-order valence-corrected chi connectivity index (χ4v) is 5.64. The zero-order valence-corrected chi connectivity index (χ0v) is 18.5. The molecule has 2 heterocycles. The maximum atomic E-state index is 6.36. The maximum Gasteiger partial charge on any atom is 0.0891 e. The van der Waals surface area contributed by atoms with E-state index in [1.165, 1.54) is 17.7 Å². The second-order valence-electron chi connectivity index (χ2n) is 10.7. The summed E-state index contributed by atoms with van der Waals surface area (Å²) in [5.41, 5.74) is 11.5. The van der Waals surface area contributed by atoms with Crippen molar-refractivity contribution >= 4 is 11.3 Å². The zero-order chi connectivity index (χ0) is 20.0. The predicted octanol–water partition coefficient (Wildman–Crippen LogP) is 6.01. The molecule has 0 amide bonds. The largest absolute Gasteiger partial charge is 0.397 e. The van der Waals surface area contributed by atoms with Gasteiger partial charge in [-0.3, -0.25) is 9.88 Å². The van der Waals surface area contributed by atoms with Gasteiger partial charge in [-0.25, -0.2) is 0 Å². The van der Waals surface area contributed by atoms with E-state index < -0.39 is 0 Å². The molecule has 1 aromatic rings. The van der Waals surface area contributed by atoms with Crippen LogP contribution in [0.4, 0.5) is 5.69 Å². The summed E-state index contributed by atoms with van der Waals surface area (Å²) < 4.78 is 0. The smallest absolute Gasteiger partial charge is 0.0891 e. The monoisotopic (exact) mass is 369 g/mol. The molecular weight excluding hydrogens is 330 g/mol. The van der Waals surface area contributed by atoms with Gasteiger partial charge in [0.25, 0.3) is 0 Å². The van der Waals surface area contributed by atoms with E-state index in [4.69, 9.17) is 10.7 Å². The van der Waals surface area contributed by atoms with Gasteiger partial charge in [-0.05, 0) is 89.5 Å². The lowest BCUT2D eigenvalue weighted by molar-refractivity contribution is -0.0322. The lowest BCUT2D eigenvalue weighted by Gasteiger charge is -2.55. The molecule has 2 N–H and O–H groups in total. The summed E-state index contributed by atoms with van der Waals surface area (Å²) in [6.45, 7) is 17.6. The lowest BCUT2D eigenvalue weighted by atomic mass is 9.72. The summed E-state index contributed by atoms with van der Waals surface area (Å²) in [5, 5.41) is 0. The third kappa shape index (κ3) is 4.08. The molecule has 0 aromatic carbocycles. The van der Waals surface area contributed by atoms with Crippen LogP contribution in [0.25, 0.3) is 5.57 Å². The SMILES string of the molecule is CCN1C(C)(C)CC(c2ccc(N)c(C3=CCC(C)(C)CC3)n2)CC1(C)C. The van der Waals surface area contributed by atoms with Crippen LogP contribution < -0.4 is 5.73 Å². The number of nitrogens with zero attached hydrogens (tertiary/aromatic N) is 2. The van der Waals surface area contributed by atoms with Crippen LogP contribution in [0, 0.1) is 5.41 Å². The molecule has 1 aromatic heterocycles. The van der Waals surface area contributed by atoms with E-state index in [0.29, 0.717) is 11.3 Å². The summed E-state index contributed by atoms with van der Waals surface area (Å²) in [6, 6.07) is 4.26. The molecule has 0 spiro atoms. The minimum absolute atomic E-state index is 0.179. The van der Waals surface area contributed by atoms with Crippen molar-refractivity contribution < 1.29 is 0 Å². The van der Waals surface area contributed by atoms with Crippen molar-refractivity contribution in [3.8, 4) is 0 Å². The van der Waals surface area contributed by atoms with Crippen molar-refractivity contribution in [1.29, 1.82) is 0 Å². The van der Waals surface area contributed by atoms with Crippen LogP contribution in [-0.4, -0.2) is 27.5 Å². The van der Waals surface area contributed by atoms with E-state index in [2.05, 4.69) is 71.6 Å². The van der Waals surface area contributed by atoms with Gasteiger partial charge in [0.15, 0.2) is 0 Å². The van der Waals surface area contributed by atoms with E-state index >= 15 is 0 Å². The van der Waals surface area contributed by atoms with Gasteiger partial charge in [-0.1, -0.05) is 26.8 Å². The molecule has 3 nitrogen and oxygen atoms in total. The molecule has 3 rings (SSSR count). The van der Waals surface area contributed by atoms with Crippen LogP contribution in [-0.2, 0) is 0 Å². The molecule has 1 aliphatic carbocycles. The molecule has 27 heavy (non-hydrogen) atoms. The second-order valence-corrected chi connectivity index (χ2v) is 10.7. The van der Waals surface area contributed by atoms with Gasteiger partial charge in [0, 0.05) is 22.7 Å². The Morgan fingerprint density at radius 2 is 1.70 bits per heavy atom. The van der Waals surface area contributed by atoms with Gasteiger partial charge < -0.3 is 5.73 Å². The topological polar surface area (TPSA) is 42.1 Å². The van der Waals surface area contributed by atoms with E-state index in [1.54, 1.807) is 0 Å². The summed E-state index contributed by atoms with van der Waals surface area (Å²) >= 11 is 0. The van der Waals surface area contributed by atoms with Gasteiger partial charge >= 0.3 is 0 Å². The van der Waals surface area contributed by atoms with E-state index in [1.807, 2.05) is 0 Å². The van der Waals surface area contributed by atoms with Crippen LogP contribution in [0.2, 0.25) is 0 Å². The zero-order valence-electron chi connectivity index (χ0n) is 18.5. The van der Waals surface area contributed by atoms with Crippen LogP contribution in [0.1, 0.15) is 97.9 Å². The van der Waals surface area contributed by atoms with Crippen LogP contribution >= 0.6 is 0 Å². The van der Waals surface area contributed by atoms with Crippen molar-refractivity contribution in [3.63, 3.8) is 0 Å². The molecule has 150 valence electrons. The number of pyridine rings is 1. The average Bonchev–Trinajstić information content (AvgIpc) is 2.54. The highest BCUT2D eigenvalue weighted by Crippen LogP contribution is 2.46. The number of rotatable bonds is 3. The first-order chi connectivity index (χ1) is 12.5. The number of allylic oxidation sites excluding steroid dienone is 2. The van der Waals surface area contributed by atoms with E-state index in [-0.39, 0.29) is 11.1 Å². The normalized spacial score (nSPS) is 25.2. The van der Waals surface area contributed by atoms with Gasteiger partial charge in [0.1, 0.15) is 0 Å². The number of nitrogen functional groups attached to an aromatic ring is 1. The molecule has 1 fully saturated rings. The number of likely N-dealkylation sites (tertiary alicyclic amines) is 1. The second kappa shape index (κ2) is 6.92. The minimum Gasteiger partial charge on any atom is -0.397 e. The fourth-order valence-electron chi connectivity index (χ4n) is 5.64. The van der Waals surface area contributed by atoms with Crippen LogP contribution in [0.5, 0.6) is 0 Å².